The minimum Gasteiger partial charge on any atom is -0.372 e. The number of hydrogen-bond acceptors (Lipinski definition) is 3. The zero-order chi connectivity index (χ0) is 21.8. The molecule has 1 aromatic heterocycles. The molecule has 1 N–H and O–H groups in total. The molecule has 0 fully saturated rings. The standard InChI is InChI=1S/C26H30ClN3O/c1-3-30(20-9-6-8-18(2)16-20)15-7-14-28-26(31)19-12-13-22-24(17-19)29-23-11-5-4-10-21(23)25(22)27/h6,8-9,12-13,16-17H,3-5,7,10-11,14-15H2,1-2H3,(H,28,31). The fraction of sp³-hybridized carbons (Fsp3) is 0.385. The van der Waals surface area contributed by atoms with E-state index in [9.17, 15) is 4.79 Å². The summed E-state index contributed by atoms with van der Waals surface area (Å²) in [5.74, 6) is -0.0591. The lowest BCUT2D eigenvalue weighted by atomic mass is 9.94. The highest BCUT2D eigenvalue weighted by atomic mass is 35.5. The molecular weight excluding hydrogens is 406 g/mol. The summed E-state index contributed by atoms with van der Waals surface area (Å²) in [6.07, 6.45) is 5.17. The van der Waals surface area contributed by atoms with E-state index in [1.807, 2.05) is 18.2 Å². The van der Waals surface area contributed by atoms with Crippen molar-refractivity contribution in [2.24, 2.45) is 0 Å². The Hall–Kier alpha value is -2.59. The second-order valence-electron chi connectivity index (χ2n) is 8.32. The lowest BCUT2D eigenvalue weighted by Crippen LogP contribution is -2.30. The van der Waals surface area contributed by atoms with Gasteiger partial charge in [-0.1, -0.05) is 29.8 Å². The first-order valence-electron chi connectivity index (χ1n) is 11.3. The van der Waals surface area contributed by atoms with Crippen molar-refractivity contribution < 1.29 is 4.79 Å². The van der Waals surface area contributed by atoms with Crippen molar-refractivity contribution in [2.75, 3.05) is 24.5 Å². The second kappa shape index (κ2) is 9.69. The Morgan fingerprint density at radius 3 is 2.81 bits per heavy atom. The fourth-order valence-corrected chi connectivity index (χ4v) is 4.74. The average Bonchev–Trinajstić information content (AvgIpc) is 2.79. The van der Waals surface area contributed by atoms with E-state index < -0.39 is 0 Å². The molecule has 0 aliphatic heterocycles. The predicted octanol–water partition coefficient (Wildman–Crippen LogP) is 5.72. The van der Waals surface area contributed by atoms with Crippen molar-refractivity contribution in [3.63, 3.8) is 0 Å². The van der Waals surface area contributed by atoms with Crippen LogP contribution in [0.25, 0.3) is 10.9 Å². The number of aromatic nitrogens is 1. The molecular formula is C26H30ClN3O. The van der Waals surface area contributed by atoms with Gasteiger partial charge in [-0.25, -0.2) is 0 Å². The summed E-state index contributed by atoms with van der Waals surface area (Å²) in [6.45, 7) is 6.75. The van der Waals surface area contributed by atoms with Crippen molar-refractivity contribution >= 4 is 34.1 Å². The van der Waals surface area contributed by atoms with Gasteiger partial charge < -0.3 is 10.2 Å². The Kier molecular flexibility index (Phi) is 6.77. The van der Waals surface area contributed by atoms with E-state index in [1.165, 1.54) is 23.2 Å². The van der Waals surface area contributed by atoms with Crippen LogP contribution in [0.4, 0.5) is 5.69 Å². The van der Waals surface area contributed by atoms with Gasteiger partial charge in [0.05, 0.1) is 10.5 Å². The van der Waals surface area contributed by atoms with Crippen molar-refractivity contribution in [1.29, 1.82) is 0 Å². The van der Waals surface area contributed by atoms with Gasteiger partial charge in [-0.3, -0.25) is 9.78 Å². The molecule has 0 saturated heterocycles. The maximum Gasteiger partial charge on any atom is 0.251 e. The van der Waals surface area contributed by atoms with E-state index in [0.717, 1.165) is 60.4 Å². The number of benzene rings is 2. The molecule has 0 radical (unpaired) electrons. The average molecular weight is 436 g/mol. The van der Waals surface area contributed by atoms with Crippen molar-refractivity contribution in [3.8, 4) is 0 Å². The Bertz CT molecular complexity index is 1100. The van der Waals surface area contributed by atoms with Crippen LogP contribution in [0.3, 0.4) is 0 Å². The van der Waals surface area contributed by atoms with E-state index >= 15 is 0 Å². The lowest BCUT2D eigenvalue weighted by molar-refractivity contribution is 0.0953. The third-order valence-electron chi connectivity index (χ3n) is 6.09. The summed E-state index contributed by atoms with van der Waals surface area (Å²) in [5.41, 5.74) is 6.22. The van der Waals surface area contributed by atoms with E-state index in [0.29, 0.717) is 12.1 Å². The maximum absolute atomic E-state index is 12.7. The molecule has 31 heavy (non-hydrogen) atoms. The summed E-state index contributed by atoms with van der Waals surface area (Å²) in [7, 11) is 0. The number of anilines is 1. The Morgan fingerprint density at radius 1 is 1.16 bits per heavy atom. The molecule has 0 bridgehead atoms. The summed E-state index contributed by atoms with van der Waals surface area (Å²) >= 11 is 6.65. The van der Waals surface area contributed by atoms with Gasteiger partial charge in [-0.15, -0.1) is 0 Å². The van der Waals surface area contributed by atoms with Gasteiger partial charge in [0.1, 0.15) is 0 Å². The summed E-state index contributed by atoms with van der Waals surface area (Å²) < 4.78 is 0. The first kappa shape index (κ1) is 21.6. The Balaban J connectivity index is 1.38. The van der Waals surface area contributed by atoms with Crippen molar-refractivity contribution in [2.45, 2.75) is 46.0 Å². The fourth-order valence-electron chi connectivity index (χ4n) is 4.38. The molecule has 0 saturated carbocycles. The van der Waals surface area contributed by atoms with Crippen LogP contribution >= 0.6 is 11.6 Å². The second-order valence-corrected chi connectivity index (χ2v) is 8.70. The first-order valence-corrected chi connectivity index (χ1v) is 11.7. The molecule has 2 aromatic carbocycles. The van der Waals surface area contributed by atoms with Gasteiger partial charge in [-0.05, 0) is 81.3 Å². The molecule has 4 nitrogen and oxygen atoms in total. The number of fused-ring (bicyclic) bond motifs is 2. The van der Waals surface area contributed by atoms with Crippen LogP contribution in [0.1, 0.15) is 53.4 Å². The number of carbonyl (C=O) groups excluding carboxylic acids is 1. The first-order chi connectivity index (χ1) is 15.1. The van der Waals surface area contributed by atoms with Gasteiger partial charge in [-0.2, -0.15) is 0 Å². The van der Waals surface area contributed by atoms with E-state index in [2.05, 4.69) is 48.3 Å². The number of aryl methyl sites for hydroxylation is 2. The number of carbonyl (C=O) groups is 1. The summed E-state index contributed by atoms with van der Waals surface area (Å²) in [6, 6.07) is 14.2. The third-order valence-corrected chi connectivity index (χ3v) is 6.53. The minimum absolute atomic E-state index is 0.0591. The lowest BCUT2D eigenvalue weighted by Gasteiger charge is -2.23. The van der Waals surface area contributed by atoms with Crippen LogP contribution in [-0.4, -0.2) is 30.5 Å². The zero-order valence-electron chi connectivity index (χ0n) is 18.4. The van der Waals surface area contributed by atoms with Crippen LogP contribution in [0.15, 0.2) is 42.5 Å². The number of hydrogen-bond donors (Lipinski definition) is 1. The molecule has 5 heteroatoms. The van der Waals surface area contributed by atoms with Crippen LogP contribution in [0.2, 0.25) is 5.02 Å². The minimum atomic E-state index is -0.0591. The quantitative estimate of drug-likeness (QED) is 0.482. The van der Waals surface area contributed by atoms with Gasteiger partial charge in [0, 0.05) is 42.0 Å². The SMILES string of the molecule is CCN(CCCNC(=O)c1ccc2c(Cl)c3c(nc2c1)CCCC3)c1cccc(C)c1. The number of pyridine rings is 1. The molecule has 0 unspecified atom stereocenters. The number of rotatable bonds is 7. The van der Waals surface area contributed by atoms with Gasteiger partial charge >= 0.3 is 0 Å². The van der Waals surface area contributed by atoms with Crippen LogP contribution < -0.4 is 10.2 Å². The van der Waals surface area contributed by atoms with E-state index in [-0.39, 0.29) is 5.91 Å². The molecule has 162 valence electrons. The number of halogens is 1. The van der Waals surface area contributed by atoms with E-state index in [1.54, 1.807) is 0 Å². The van der Waals surface area contributed by atoms with Crippen molar-refractivity contribution in [3.05, 3.63) is 69.9 Å². The Labute approximate surface area is 189 Å². The number of nitrogens with one attached hydrogen (secondary N) is 1. The monoisotopic (exact) mass is 435 g/mol. The molecule has 4 rings (SSSR count). The molecule has 1 heterocycles. The smallest absolute Gasteiger partial charge is 0.251 e. The normalized spacial score (nSPS) is 13.1. The summed E-state index contributed by atoms with van der Waals surface area (Å²) in [5, 5.41) is 4.80. The van der Waals surface area contributed by atoms with Gasteiger partial charge in [0.25, 0.3) is 5.91 Å². The van der Waals surface area contributed by atoms with Crippen molar-refractivity contribution in [1.82, 2.24) is 10.3 Å². The van der Waals surface area contributed by atoms with Crippen LogP contribution in [0.5, 0.6) is 0 Å². The predicted molar refractivity (Wildman–Crippen MR) is 129 cm³/mol. The zero-order valence-corrected chi connectivity index (χ0v) is 19.1. The number of amides is 1. The number of nitrogens with zero attached hydrogens (tertiary/aromatic N) is 2. The molecule has 1 amide bonds. The highest BCUT2D eigenvalue weighted by Crippen LogP contribution is 2.33. The highest BCUT2D eigenvalue weighted by molar-refractivity contribution is 6.36. The largest absolute Gasteiger partial charge is 0.372 e. The third kappa shape index (κ3) is 4.85. The summed E-state index contributed by atoms with van der Waals surface area (Å²) in [4.78, 5) is 19.9. The maximum atomic E-state index is 12.7. The molecule has 0 spiro atoms. The topological polar surface area (TPSA) is 45.2 Å². The molecule has 0 atom stereocenters. The Morgan fingerprint density at radius 2 is 2.00 bits per heavy atom. The van der Waals surface area contributed by atoms with Crippen LogP contribution in [0, 0.1) is 6.92 Å². The molecule has 3 aromatic rings. The highest BCUT2D eigenvalue weighted by Gasteiger charge is 2.18. The van der Waals surface area contributed by atoms with Gasteiger partial charge in [0.2, 0.25) is 0 Å². The van der Waals surface area contributed by atoms with E-state index in [4.69, 9.17) is 16.6 Å². The van der Waals surface area contributed by atoms with Gasteiger partial charge in [0.15, 0.2) is 0 Å². The molecule has 1 aliphatic carbocycles. The van der Waals surface area contributed by atoms with Crippen LogP contribution in [-0.2, 0) is 12.8 Å². The molecule has 1 aliphatic rings.